The van der Waals surface area contributed by atoms with Crippen LogP contribution in [0.15, 0.2) is 44.7 Å². The Kier molecular flexibility index (Phi) is 5.75. The minimum Gasteiger partial charge on any atom is -0.497 e. The van der Waals surface area contributed by atoms with E-state index in [0.717, 1.165) is 11.4 Å². The number of rotatable bonds is 6. The van der Waals surface area contributed by atoms with Gasteiger partial charge in [0, 0.05) is 34.5 Å². The highest BCUT2D eigenvalue weighted by molar-refractivity contribution is 7.99. The molecule has 140 valence electrons. The molecule has 2 heterocycles. The molecule has 0 saturated carbocycles. The molecule has 7 nitrogen and oxygen atoms in total. The third-order valence-electron chi connectivity index (χ3n) is 3.71. The average molecular weight is 386 g/mol. The van der Waals surface area contributed by atoms with Gasteiger partial charge in [0.05, 0.1) is 12.9 Å². The second kappa shape index (κ2) is 8.22. The molecule has 0 radical (unpaired) electrons. The number of aromatic nitrogens is 2. The van der Waals surface area contributed by atoms with Crippen LogP contribution in [0.25, 0.3) is 11.0 Å². The van der Waals surface area contributed by atoms with Crippen molar-refractivity contribution < 1.29 is 18.7 Å². The fraction of sp³-hybridized carbons (Fsp3) is 0.263. The second-order valence-electron chi connectivity index (χ2n) is 5.84. The zero-order valence-corrected chi connectivity index (χ0v) is 16.0. The van der Waals surface area contributed by atoms with Crippen LogP contribution in [0.5, 0.6) is 5.75 Å². The second-order valence-corrected chi connectivity index (χ2v) is 6.78. The van der Waals surface area contributed by atoms with Crippen LogP contribution in [0, 0.1) is 13.8 Å². The van der Waals surface area contributed by atoms with E-state index >= 15 is 0 Å². The summed E-state index contributed by atoms with van der Waals surface area (Å²) in [6.07, 6.45) is 0. The monoisotopic (exact) mass is 386 g/mol. The normalized spacial score (nSPS) is 10.8. The number of carbonyl (C=O) groups excluding carboxylic acids is 1. The van der Waals surface area contributed by atoms with Gasteiger partial charge in [-0.25, -0.2) is 14.8 Å². The maximum Gasteiger partial charge on any atom is 0.336 e. The van der Waals surface area contributed by atoms with Crippen molar-refractivity contribution in [1.82, 2.24) is 9.97 Å². The summed E-state index contributed by atoms with van der Waals surface area (Å²) in [7, 11) is 1.53. The molecule has 1 aromatic carbocycles. The zero-order valence-electron chi connectivity index (χ0n) is 15.1. The molecule has 0 fully saturated rings. The first-order valence-electron chi connectivity index (χ1n) is 8.16. The highest BCUT2D eigenvalue weighted by atomic mass is 32.2. The lowest BCUT2D eigenvalue weighted by molar-refractivity contribution is -0.141. The van der Waals surface area contributed by atoms with E-state index in [2.05, 4.69) is 9.97 Å². The van der Waals surface area contributed by atoms with Gasteiger partial charge in [0.15, 0.2) is 5.16 Å². The fourth-order valence-corrected chi connectivity index (χ4v) is 3.29. The van der Waals surface area contributed by atoms with E-state index < -0.39 is 11.6 Å². The number of hydrogen-bond donors (Lipinski definition) is 0. The van der Waals surface area contributed by atoms with Gasteiger partial charge in [0.25, 0.3) is 0 Å². The number of carbonyl (C=O) groups is 1. The Morgan fingerprint density at radius 1 is 1.15 bits per heavy atom. The Morgan fingerprint density at radius 3 is 2.59 bits per heavy atom. The summed E-state index contributed by atoms with van der Waals surface area (Å²) in [6, 6.07) is 8.32. The molecule has 3 aromatic rings. The van der Waals surface area contributed by atoms with Crippen molar-refractivity contribution in [3.8, 4) is 5.75 Å². The zero-order chi connectivity index (χ0) is 19.4. The molecule has 2 aromatic heterocycles. The summed E-state index contributed by atoms with van der Waals surface area (Å²) in [5, 5.41) is 1.22. The Morgan fingerprint density at radius 2 is 1.89 bits per heavy atom. The summed E-state index contributed by atoms with van der Waals surface area (Å²) < 4.78 is 15.6. The Balaban J connectivity index is 1.67. The Hall–Kier alpha value is -2.87. The molecule has 0 aliphatic heterocycles. The number of hydrogen-bond acceptors (Lipinski definition) is 8. The first kappa shape index (κ1) is 18.9. The van der Waals surface area contributed by atoms with Gasteiger partial charge >= 0.3 is 11.6 Å². The quantitative estimate of drug-likeness (QED) is 0.276. The van der Waals surface area contributed by atoms with Gasteiger partial charge in [-0.05, 0) is 32.0 Å². The summed E-state index contributed by atoms with van der Waals surface area (Å²) >= 11 is 1.21. The van der Waals surface area contributed by atoms with Crippen molar-refractivity contribution in [2.24, 2.45) is 0 Å². The van der Waals surface area contributed by atoms with Crippen molar-refractivity contribution in [3.05, 3.63) is 57.7 Å². The predicted molar refractivity (Wildman–Crippen MR) is 101 cm³/mol. The maximum atomic E-state index is 12.1. The molecule has 0 amide bonds. The molecular weight excluding hydrogens is 368 g/mol. The Labute approximate surface area is 159 Å². The molecule has 0 spiro atoms. The van der Waals surface area contributed by atoms with Crippen LogP contribution in [0.1, 0.15) is 17.0 Å². The minimum atomic E-state index is -0.514. The topological polar surface area (TPSA) is 91.5 Å². The van der Waals surface area contributed by atoms with Gasteiger partial charge in [-0.15, -0.1) is 0 Å². The van der Waals surface area contributed by atoms with E-state index in [1.54, 1.807) is 18.2 Å². The minimum absolute atomic E-state index is 0.0263. The van der Waals surface area contributed by atoms with Crippen molar-refractivity contribution in [3.63, 3.8) is 0 Å². The summed E-state index contributed by atoms with van der Waals surface area (Å²) in [6.45, 7) is 3.72. The number of methoxy groups -OCH3 is 1. The van der Waals surface area contributed by atoms with Gasteiger partial charge < -0.3 is 13.9 Å². The lowest BCUT2D eigenvalue weighted by Crippen LogP contribution is -2.10. The molecular formula is C19H18N2O5S. The van der Waals surface area contributed by atoms with Crippen molar-refractivity contribution in [1.29, 1.82) is 0 Å². The molecule has 0 aliphatic carbocycles. The van der Waals surface area contributed by atoms with Crippen molar-refractivity contribution >= 4 is 28.7 Å². The highest BCUT2D eigenvalue weighted by Crippen LogP contribution is 2.23. The van der Waals surface area contributed by atoms with E-state index in [1.165, 1.54) is 24.9 Å². The molecule has 27 heavy (non-hydrogen) atoms. The van der Waals surface area contributed by atoms with Crippen LogP contribution in [-0.2, 0) is 16.1 Å². The van der Waals surface area contributed by atoms with Crippen LogP contribution >= 0.6 is 11.8 Å². The number of fused-ring (bicyclic) bond motifs is 1. The van der Waals surface area contributed by atoms with E-state index in [1.807, 2.05) is 19.9 Å². The number of aryl methyl sites for hydroxylation is 2. The molecule has 0 N–H and O–H groups in total. The standard InChI is InChI=1S/C19H18N2O5S/c1-11-6-12(2)21-19(20-11)27-10-18(23)25-9-13-7-17(22)26-16-8-14(24-3)4-5-15(13)16/h4-8H,9-10H2,1-3H3. The van der Waals surface area contributed by atoms with Gasteiger partial charge in [-0.3, -0.25) is 4.79 Å². The van der Waals surface area contributed by atoms with Crippen LogP contribution in [0.2, 0.25) is 0 Å². The SMILES string of the molecule is COc1ccc2c(COC(=O)CSc3nc(C)cc(C)n3)cc(=O)oc2c1. The Bertz CT molecular complexity index is 1030. The van der Waals surface area contributed by atoms with Gasteiger partial charge in [0.1, 0.15) is 17.9 Å². The van der Waals surface area contributed by atoms with E-state index in [0.29, 0.717) is 27.4 Å². The lowest BCUT2D eigenvalue weighted by Gasteiger charge is -2.08. The number of benzene rings is 1. The third kappa shape index (κ3) is 4.85. The van der Waals surface area contributed by atoms with Crippen LogP contribution in [-0.4, -0.2) is 28.8 Å². The van der Waals surface area contributed by atoms with Crippen LogP contribution in [0.3, 0.4) is 0 Å². The molecule has 8 heteroatoms. The van der Waals surface area contributed by atoms with Gasteiger partial charge in [-0.1, -0.05) is 11.8 Å². The van der Waals surface area contributed by atoms with E-state index in [9.17, 15) is 9.59 Å². The van der Waals surface area contributed by atoms with Crippen molar-refractivity contribution in [2.45, 2.75) is 25.6 Å². The first-order chi connectivity index (χ1) is 12.9. The number of ether oxygens (including phenoxy) is 2. The molecule has 0 aliphatic rings. The average Bonchev–Trinajstić information content (AvgIpc) is 2.63. The number of esters is 1. The van der Waals surface area contributed by atoms with Crippen LogP contribution in [0.4, 0.5) is 0 Å². The third-order valence-corrected chi connectivity index (χ3v) is 4.53. The summed E-state index contributed by atoms with van der Waals surface area (Å²) in [4.78, 5) is 32.4. The van der Waals surface area contributed by atoms with E-state index in [4.69, 9.17) is 13.9 Å². The van der Waals surface area contributed by atoms with Gasteiger partial charge in [0.2, 0.25) is 0 Å². The summed E-state index contributed by atoms with van der Waals surface area (Å²) in [5.41, 5.74) is 2.13. The molecule has 0 unspecified atom stereocenters. The molecule has 0 saturated heterocycles. The number of nitrogens with zero attached hydrogens (tertiary/aromatic N) is 2. The predicted octanol–water partition coefficient (Wildman–Crippen LogP) is 3.04. The maximum absolute atomic E-state index is 12.1. The number of thioether (sulfide) groups is 1. The smallest absolute Gasteiger partial charge is 0.336 e. The fourth-order valence-electron chi connectivity index (χ4n) is 2.54. The lowest BCUT2D eigenvalue weighted by atomic mass is 10.1. The largest absolute Gasteiger partial charge is 0.497 e. The van der Waals surface area contributed by atoms with E-state index in [-0.39, 0.29) is 12.4 Å². The summed E-state index contributed by atoms with van der Waals surface area (Å²) in [5.74, 6) is 0.234. The molecule has 0 bridgehead atoms. The molecule has 3 rings (SSSR count). The van der Waals surface area contributed by atoms with Crippen molar-refractivity contribution in [2.75, 3.05) is 12.9 Å². The molecule has 0 atom stereocenters. The highest BCUT2D eigenvalue weighted by Gasteiger charge is 2.11. The first-order valence-corrected chi connectivity index (χ1v) is 9.14. The van der Waals surface area contributed by atoms with Gasteiger partial charge in [-0.2, -0.15) is 0 Å². The van der Waals surface area contributed by atoms with Crippen LogP contribution < -0.4 is 10.4 Å².